The van der Waals surface area contributed by atoms with Gasteiger partial charge in [-0.2, -0.15) is 0 Å². The largest absolute Gasteiger partial charge is 0.370 e. The van der Waals surface area contributed by atoms with Crippen molar-refractivity contribution < 1.29 is 0 Å². The molecular formula is C20H24N6. The fraction of sp³-hybridized carbons (Fsp3) is 0.400. The average Bonchev–Trinajstić information content (AvgIpc) is 3.31. The van der Waals surface area contributed by atoms with Crippen molar-refractivity contribution in [2.45, 2.75) is 51.7 Å². The van der Waals surface area contributed by atoms with Crippen LogP contribution in [-0.2, 0) is 0 Å². The summed E-state index contributed by atoms with van der Waals surface area (Å²) < 4.78 is 4.67. The summed E-state index contributed by atoms with van der Waals surface area (Å²) in [4.78, 5) is 9.45. The molecule has 0 bridgehead atoms. The number of rotatable bonds is 2. The Kier molecular flexibility index (Phi) is 3.35. The predicted octanol–water partition coefficient (Wildman–Crippen LogP) is 3.86. The van der Waals surface area contributed by atoms with Crippen LogP contribution in [0.15, 0.2) is 35.3 Å². The van der Waals surface area contributed by atoms with Gasteiger partial charge < -0.3 is 10.3 Å². The summed E-state index contributed by atoms with van der Waals surface area (Å²) in [7, 11) is 0. The van der Waals surface area contributed by atoms with Crippen LogP contribution in [0.2, 0.25) is 0 Å². The lowest BCUT2D eigenvalue weighted by atomic mass is 10.1. The third-order valence-corrected chi connectivity index (χ3v) is 5.83. The fourth-order valence-electron chi connectivity index (χ4n) is 4.71. The maximum absolute atomic E-state index is 6.09. The highest BCUT2D eigenvalue weighted by molar-refractivity contribution is 5.94. The first-order chi connectivity index (χ1) is 12.6. The number of aryl methyl sites for hydroxylation is 1. The van der Waals surface area contributed by atoms with Crippen LogP contribution in [0.5, 0.6) is 0 Å². The topological polar surface area (TPSA) is 73.2 Å². The Hall–Kier alpha value is -2.76. The fourth-order valence-corrected chi connectivity index (χ4v) is 4.71. The zero-order valence-electron chi connectivity index (χ0n) is 15.2. The van der Waals surface area contributed by atoms with Gasteiger partial charge in [0.2, 0.25) is 5.95 Å². The van der Waals surface area contributed by atoms with Gasteiger partial charge in [-0.3, -0.25) is 9.88 Å². The molecule has 0 spiro atoms. The second-order valence-corrected chi connectivity index (χ2v) is 7.44. The molecule has 1 atom stereocenters. The molecule has 3 heterocycles. The minimum absolute atomic E-state index is 0.181. The molecule has 1 saturated carbocycles. The number of hydrogen-bond donors (Lipinski definition) is 2. The van der Waals surface area contributed by atoms with Crippen molar-refractivity contribution in [3.8, 4) is 0 Å². The van der Waals surface area contributed by atoms with Crippen molar-refractivity contribution in [2.24, 2.45) is 10.7 Å². The molecule has 1 aliphatic carbocycles. The molecule has 3 aromatic rings. The normalized spacial score (nSPS) is 20.2. The predicted molar refractivity (Wildman–Crippen MR) is 105 cm³/mol. The maximum atomic E-state index is 6.09. The number of fused-ring (bicyclic) bond motifs is 3. The monoisotopic (exact) mass is 348 g/mol. The van der Waals surface area contributed by atoms with Gasteiger partial charge >= 0.3 is 0 Å². The molecule has 1 aromatic carbocycles. The van der Waals surface area contributed by atoms with Crippen LogP contribution in [0.25, 0.3) is 11.0 Å². The van der Waals surface area contributed by atoms with E-state index in [-0.39, 0.29) is 6.17 Å². The molecular weight excluding hydrogens is 324 g/mol. The van der Waals surface area contributed by atoms with E-state index in [1.807, 2.05) is 18.2 Å². The van der Waals surface area contributed by atoms with E-state index in [0.29, 0.717) is 12.0 Å². The summed E-state index contributed by atoms with van der Waals surface area (Å²) in [5.74, 6) is 1.18. The number of hydrogen-bond acceptors (Lipinski definition) is 4. The zero-order chi connectivity index (χ0) is 17.8. The Morgan fingerprint density at radius 1 is 1.12 bits per heavy atom. The van der Waals surface area contributed by atoms with E-state index in [1.54, 1.807) is 0 Å². The van der Waals surface area contributed by atoms with Crippen LogP contribution in [0, 0.1) is 13.8 Å². The van der Waals surface area contributed by atoms with Crippen molar-refractivity contribution in [3.05, 3.63) is 47.3 Å². The highest BCUT2D eigenvalue weighted by Gasteiger charge is 2.29. The number of aromatic nitrogens is 3. The lowest BCUT2D eigenvalue weighted by molar-refractivity contribution is 0.496. The first-order valence-corrected chi connectivity index (χ1v) is 9.39. The number of benzene rings is 1. The Bertz CT molecular complexity index is 1020. The summed E-state index contributed by atoms with van der Waals surface area (Å²) >= 11 is 0. The highest BCUT2D eigenvalue weighted by Crippen LogP contribution is 2.38. The molecule has 6 nitrogen and oxygen atoms in total. The van der Waals surface area contributed by atoms with Gasteiger partial charge in [0.1, 0.15) is 0 Å². The van der Waals surface area contributed by atoms with Crippen LogP contribution in [-0.4, -0.2) is 20.1 Å². The number of aliphatic imine (C=N–C) groups is 1. The summed E-state index contributed by atoms with van der Waals surface area (Å²) in [5.41, 5.74) is 11.9. The number of nitrogens with one attached hydrogen (secondary N) is 1. The van der Waals surface area contributed by atoms with Crippen molar-refractivity contribution in [3.63, 3.8) is 0 Å². The molecule has 0 amide bonds. The Morgan fingerprint density at radius 3 is 2.69 bits per heavy atom. The van der Waals surface area contributed by atoms with Gasteiger partial charge in [-0.1, -0.05) is 25.0 Å². The standard InChI is InChI=1S/C20H24N6/c1-12-11-15(13(2)25(12)14-7-3-4-8-14)18-23-19(21)24-20-22-16-9-5-6-10-17(16)26(18)20/h5-6,9-11,14,18H,3-4,7-8H2,1-2H3,(H3,21,22,23,24)/t18-/m0/s1. The maximum Gasteiger partial charge on any atom is 0.212 e. The van der Waals surface area contributed by atoms with Gasteiger partial charge in [0, 0.05) is 23.0 Å². The van der Waals surface area contributed by atoms with Crippen molar-refractivity contribution in [2.75, 3.05) is 5.32 Å². The molecule has 2 aliphatic rings. The smallest absolute Gasteiger partial charge is 0.212 e. The molecule has 0 unspecified atom stereocenters. The van der Waals surface area contributed by atoms with Crippen LogP contribution in [0.4, 0.5) is 5.95 Å². The molecule has 6 heteroatoms. The molecule has 3 N–H and O–H groups in total. The lowest BCUT2D eigenvalue weighted by Gasteiger charge is -2.24. The summed E-state index contributed by atoms with van der Waals surface area (Å²) in [6, 6.07) is 11.1. The number of nitrogens with two attached hydrogens (primary N) is 1. The SMILES string of the molecule is Cc1cc([C@H]2N=C(N)Nc3nc4ccccc4n32)c(C)n1C1CCCC1. The van der Waals surface area contributed by atoms with E-state index in [1.165, 1.54) is 42.6 Å². The lowest BCUT2D eigenvalue weighted by Crippen LogP contribution is -2.31. The van der Waals surface area contributed by atoms with Crippen LogP contribution < -0.4 is 11.1 Å². The summed E-state index contributed by atoms with van der Waals surface area (Å²) in [5, 5.41) is 3.12. The van der Waals surface area contributed by atoms with E-state index < -0.39 is 0 Å². The van der Waals surface area contributed by atoms with Crippen LogP contribution in [0.1, 0.15) is 54.8 Å². The molecule has 1 fully saturated rings. The average molecular weight is 348 g/mol. The Morgan fingerprint density at radius 2 is 1.88 bits per heavy atom. The first kappa shape index (κ1) is 15.5. The molecule has 0 saturated heterocycles. The Labute approximate surface area is 152 Å². The summed E-state index contributed by atoms with van der Waals surface area (Å²) in [6.07, 6.45) is 5.01. The van der Waals surface area contributed by atoms with E-state index in [4.69, 9.17) is 15.7 Å². The number of para-hydroxylation sites is 2. The van der Waals surface area contributed by atoms with Gasteiger partial charge in [-0.25, -0.2) is 9.98 Å². The molecule has 1 aliphatic heterocycles. The highest BCUT2D eigenvalue weighted by atomic mass is 15.4. The van der Waals surface area contributed by atoms with Gasteiger partial charge in [-0.05, 0) is 44.9 Å². The van der Waals surface area contributed by atoms with Gasteiger partial charge in [-0.15, -0.1) is 0 Å². The Balaban J connectivity index is 1.69. The van der Waals surface area contributed by atoms with Crippen LogP contribution in [0.3, 0.4) is 0 Å². The molecule has 0 radical (unpaired) electrons. The van der Waals surface area contributed by atoms with Gasteiger partial charge in [0.15, 0.2) is 12.1 Å². The molecule has 5 rings (SSSR count). The van der Waals surface area contributed by atoms with Gasteiger partial charge in [0.05, 0.1) is 11.0 Å². The molecule has 2 aromatic heterocycles. The minimum Gasteiger partial charge on any atom is -0.370 e. The molecule has 26 heavy (non-hydrogen) atoms. The summed E-state index contributed by atoms with van der Waals surface area (Å²) in [6.45, 7) is 4.42. The number of anilines is 1. The number of nitrogens with zero attached hydrogens (tertiary/aromatic N) is 4. The molecule has 134 valence electrons. The minimum atomic E-state index is -0.181. The van der Waals surface area contributed by atoms with Crippen molar-refractivity contribution in [1.82, 2.24) is 14.1 Å². The van der Waals surface area contributed by atoms with E-state index in [2.05, 4.69) is 40.4 Å². The second kappa shape index (κ2) is 5.62. The third-order valence-electron chi connectivity index (χ3n) is 5.83. The van der Waals surface area contributed by atoms with Crippen molar-refractivity contribution >= 4 is 22.9 Å². The first-order valence-electron chi connectivity index (χ1n) is 9.39. The zero-order valence-corrected chi connectivity index (χ0v) is 15.2. The number of imidazole rings is 1. The third kappa shape index (κ3) is 2.18. The van der Waals surface area contributed by atoms with Gasteiger partial charge in [0.25, 0.3) is 0 Å². The van der Waals surface area contributed by atoms with E-state index in [9.17, 15) is 0 Å². The van der Waals surface area contributed by atoms with Crippen LogP contribution >= 0.6 is 0 Å². The van der Waals surface area contributed by atoms with Crippen molar-refractivity contribution in [1.29, 1.82) is 0 Å². The van der Waals surface area contributed by atoms with E-state index >= 15 is 0 Å². The van der Waals surface area contributed by atoms with E-state index in [0.717, 1.165) is 17.0 Å². The second-order valence-electron chi connectivity index (χ2n) is 7.44. The number of guanidine groups is 1. The quantitative estimate of drug-likeness (QED) is 0.738.